The van der Waals surface area contributed by atoms with Gasteiger partial charge in [0.05, 0.1) is 11.8 Å². The van der Waals surface area contributed by atoms with Crippen LogP contribution in [0.15, 0.2) is 12.1 Å². The van der Waals surface area contributed by atoms with Gasteiger partial charge in [-0.15, -0.1) is 0 Å². The largest absolute Gasteiger partial charge is 0.543 e. The molecule has 0 aromatic heterocycles. The standard InChI is InChI=1S/C27H49NO2Si3/c1-27-16-15-20-21(23(27)13-14-26(27)30-33(8,9)10)12-11-19-17-25(29-32(5,6)7)24(18-22(19)20)28-31(2,3)4/h17-18,20-21,23,26,28H,11-16H2,1-10H3/t20-,21+,23-,26-,27-/m0/s1. The minimum Gasteiger partial charge on any atom is -0.543 e. The first-order valence-corrected chi connectivity index (χ1v) is 23.7. The summed E-state index contributed by atoms with van der Waals surface area (Å²) in [5.74, 6) is 3.45. The summed E-state index contributed by atoms with van der Waals surface area (Å²) in [5, 5.41) is 0. The van der Waals surface area contributed by atoms with Crippen molar-refractivity contribution in [3.05, 3.63) is 23.3 Å². The van der Waals surface area contributed by atoms with Crippen molar-refractivity contribution in [1.82, 2.24) is 0 Å². The van der Waals surface area contributed by atoms with Crippen LogP contribution < -0.4 is 9.41 Å². The molecule has 2 fully saturated rings. The maximum Gasteiger partial charge on any atom is 0.242 e. The average molecular weight is 504 g/mol. The topological polar surface area (TPSA) is 30.5 Å². The summed E-state index contributed by atoms with van der Waals surface area (Å²) in [5.41, 5.74) is 4.82. The van der Waals surface area contributed by atoms with Crippen LogP contribution in [0.1, 0.15) is 56.1 Å². The maximum absolute atomic E-state index is 6.78. The lowest BCUT2D eigenvalue weighted by Gasteiger charge is -2.51. The molecule has 0 spiro atoms. The minimum atomic E-state index is -1.67. The Balaban J connectivity index is 1.66. The Hall–Kier alpha value is -0.569. The normalized spacial score (nSPS) is 32.1. The number of benzene rings is 1. The van der Waals surface area contributed by atoms with Crippen molar-refractivity contribution in [3.8, 4) is 5.75 Å². The Morgan fingerprint density at radius 1 is 0.879 bits per heavy atom. The molecule has 0 bridgehead atoms. The van der Waals surface area contributed by atoms with Gasteiger partial charge in [0, 0.05) is 0 Å². The number of aryl methyl sites for hydroxylation is 1. The molecule has 5 atom stereocenters. The fourth-order valence-corrected chi connectivity index (χ4v) is 10.2. The van der Waals surface area contributed by atoms with E-state index in [2.05, 4.69) is 83.0 Å². The van der Waals surface area contributed by atoms with Crippen molar-refractivity contribution in [2.75, 3.05) is 4.98 Å². The highest BCUT2D eigenvalue weighted by Gasteiger charge is 2.55. The molecule has 1 N–H and O–H groups in total. The molecule has 0 radical (unpaired) electrons. The van der Waals surface area contributed by atoms with E-state index in [-0.39, 0.29) is 0 Å². The van der Waals surface area contributed by atoms with Gasteiger partial charge in [-0.25, -0.2) is 0 Å². The molecule has 4 rings (SSSR count). The van der Waals surface area contributed by atoms with Crippen molar-refractivity contribution in [2.24, 2.45) is 17.3 Å². The van der Waals surface area contributed by atoms with E-state index in [1.54, 1.807) is 11.1 Å². The number of anilines is 1. The Kier molecular flexibility index (Phi) is 6.59. The monoisotopic (exact) mass is 503 g/mol. The Morgan fingerprint density at radius 3 is 2.18 bits per heavy atom. The maximum atomic E-state index is 6.78. The number of hydrogen-bond acceptors (Lipinski definition) is 3. The van der Waals surface area contributed by atoms with E-state index < -0.39 is 24.9 Å². The summed E-state index contributed by atoms with van der Waals surface area (Å²) < 4.78 is 13.4. The summed E-state index contributed by atoms with van der Waals surface area (Å²) >= 11 is 0. The van der Waals surface area contributed by atoms with Crippen LogP contribution in [0.2, 0.25) is 58.9 Å². The lowest BCUT2D eigenvalue weighted by molar-refractivity contribution is -0.0140. The molecule has 186 valence electrons. The van der Waals surface area contributed by atoms with Crippen LogP contribution in [0.5, 0.6) is 5.75 Å². The second-order valence-corrected chi connectivity index (χ2v) is 28.0. The van der Waals surface area contributed by atoms with Crippen LogP contribution in [-0.2, 0) is 10.8 Å². The lowest BCUT2D eigenvalue weighted by atomic mass is 9.55. The Morgan fingerprint density at radius 2 is 1.58 bits per heavy atom. The summed E-state index contributed by atoms with van der Waals surface area (Å²) in [6, 6.07) is 4.94. The van der Waals surface area contributed by atoms with Crippen LogP contribution in [0.3, 0.4) is 0 Å². The first-order chi connectivity index (χ1) is 15.1. The third-order valence-electron chi connectivity index (χ3n) is 8.16. The van der Waals surface area contributed by atoms with Gasteiger partial charge in [0.15, 0.2) is 8.32 Å². The van der Waals surface area contributed by atoms with E-state index in [1.807, 2.05) is 0 Å². The van der Waals surface area contributed by atoms with Crippen LogP contribution in [0.4, 0.5) is 5.69 Å². The first kappa shape index (κ1) is 25.5. The highest BCUT2D eigenvalue weighted by molar-refractivity contribution is 6.79. The Bertz CT molecular complexity index is 883. The Labute approximate surface area is 206 Å². The van der Waals surface area contributed by atoms with Gasteiger partial charge in [-0.2, -0.15) is 0 Å². The van der Waals surface area contributed by atoms with Crippen LogP contribution in [0.25, 0.3) is 0 Å². The van der Waals surface area contributed by atoms with Gasteiger partial charge in [0.25, 0.3) is 0 Å². The van der Waals surface area contributed by atoms with E-state index in [9.17, 15) is 0 Å². The van der Waals surface area contributed by atoms with E-state index in [4.69, 9.17) is 8.85 Å². The van der Waals surface area contributed by atoms with E-state index in [1.165, 1.54) is 44.2 Å². The lowest BCUT2D eigenvalue weighted by Crippen LogP contribution is -2.47. The van der Waals surface area contributed by atoms with Crippen molar-refractivity contribution in [1.29, 1.82) is 0 Å². The molecule has 3 aliphatic carbocycles. The zero-order chi connectivity index (χ0) is 24.4. The van der Waals surface area contributed by atoms with Crippen LogP contribution in [0, 0.1) is 17.3 Å². The first-order valence-electron chi connectivity index (χ1n) is 13.4. The third-order valence-corrected chi connectivity index (χ3v) is 11.0. The quantitative estimate of drug-likeness (QED) is 0.397. The van der Waals surface area contributed by atoms with Gasteiger partial charge >= 0.3 is 0 Å². The minimum absolute atomic E-state index is 0.374. The predicted octanol–water partition coefficient (Wildman–Crippen LogP) is 8.22. The third kappa shape index (κ3) is 5.49. The molecule has 3 aliphatic rings. The zero-order valence-corrected chi connectivity index (χ0v) is 26.0. The van der Waals surface area contributed by atoms with Crippen LogP contribution in [-0.4, -0.2) is 31.0 Å². The van der Waals surface area contributed by atoms with Crippen molar-refractivity contribution in [3.63, 3.8) is 0 Å². The van der Waals surface area contributed by atoms with Crippen molar-refractivity contribution < 1.29 is 8.85 Å². The van der Waals surface area contributed by atoms with Gasteiger partial charge in [-0.05, 0) is 124 Å². The van der Waals surface area contributed by atoms with Gasteiger partial charge in [-0.1, -0.05) is 26.6 Å². The van der Waals surface area contributed by atoms with Crippen molar-refractivity contribution >= 4 is 30.6 Å². The molecule has 0 heterocycles. The fraction of sp³-hybridized carbons (Fsp3) is 0.778. The van der Waals surface area contributed by atoms with Gasteiger partial charge < -0.3 is 13.8 Å². The number of rotatable bonds is 6. The molecule has 33 heavy (non-hydrogen) atoms. The number of nitrogens with one attached hydrogen (secondary N) is 1. The zero-order valence-electron chi connectivity index (χ0n) is 23.0. The highest BCUT2D eigenvalue weighted by Crippen LogP contribution is 2.62. The molecule has 0 aliphatic heterocycles. The molecule has 6 heteroatoms. The van der Waals surface area contributed by atoms with E-state index in [0.717, 1.165) is 17.6 Å². The summed E-state index contributed by atoms with van der Waals surface area (Å²) in [7, 11) is -4.68. The van der Waals surface area contributed by atoms with Crippen molar-refractivity contribution in [2.45, 2.75) is 116 Å². The number of hydrogen-bond donors (Lipinski definition) is 1. The molecule has 3 nitrogen and oxygen atoms in total. The highest BCUT2D eigenvalue weighted by atomic mass is 28.4. The molecular weight excluding hydrogens is 455 g/mol. The summed E-state index contributed by atoms with van der Waals surface area (Å²) in [6.07, 6.45) is 8.29. The summed E-state index contributed by atoms with van der Waals surface area (Å²) in [6.45, 7) is 23.7. The molecule has 2 saturated carbocycles. The van der Waals surface area contributed by atoms with Gasteiger partial charge in [-0.3, -0.25) is 0 Å². The second kappa shape index (κ2) is 8.52. The van der Waals surface area contributed by atoms with Gasteiger partial charge in [0.1, 0.15) is 14.0 Å². The van der Waals surface area contributed by atoms with E-state index >= 15 is 0 Å². The smallest absolute Gasteiger partial charge is 0.242 e. The molecular formula is C27H49NO2Si3. The fourth-order valence-electron chi connectivity index (χ4n) is 7.09. The number of fused-ring (bicyclic) bond motifs is 5. The SMILES string of the molecule is C[C@]12CC[C@@H]3c4cc(N[Si](C)(C)C)c(O[Si](C)(C)C)cc4CC[C@H]3[C@@H]1CC[C@@H]2O[Si](C)(C)C. The molecule has 0 saturated heterocycles. The van der Waals surface area contributed by atoms with Gasteiger partial charge in [0.2, 0.25) is 8.32 Å². The molecule has 1 aromatic carbocycles. The van der Waals surface area contributed by atoms with E-state index in [0.29, 0.717) is 17.4 Å². The summed E-state index contributed by atoms with van der Waals surface area (Å²) in [4.78, 5) is 3.93. The molecule has 0 amide bonds. The predicted molar refractivity (Wildman–Crippen MR) is 150 cm³/mol. The second-order valence-electron chi connectivity index (χ2n) is 14.4. The molecule has 1 aromatic rings. The molecule has 0 unspecified atom stereocenters. The van der Waals surface area contributed by atoms with Crippen LogP contribution >= 0.6 is 0 Å². The average Bonchev–Trinajstić information content (AvgIpc) is 2.94.